The van der Waals surface area contributed by atoms with Crippen LogP contribution in [0.2, 0.25) is 5.02 Å². The SMILES string of the molecule is N#CC(=CC1CC1)C(=O)N1CCCC(n2nc(-c3ccc(Oc4ccc(Cl)cc4)nc3)c3c(N)ncnc32)C1. The minimum Gasteiger partial charge on any atom is -0.439 e. The summed E-state index contributed by atoms with van der Waals surface area (Å²) >= 11 is 5.95. The second-order valence-electron chi connectivity index (χ2n) is 9.77. The molecule has 1 unspecified atom stereocenters. The van der Waals surface area contributed by atoms with E-state index < -0.39 is 0 Å². The predicted octanol–water partition coefficient (Wildman–Crippen LogP) is 4.94. The fourth-order valence-electron chi connectivity index (χ4n) is 4.82. The lowest BCUT2D eigenvalue weighted by atomic mass is 10.0. The van der Waals surface area contributed by atoms with Gasteiger partial charge in [0, 0.05) is 35.9 Å². The molecule has 1 saturated heterocycles. The number of nitrogens with two attached hydrogens (primary N) is 1. The van der Waals surface area contributed by atoms with E-state index in [4.69, 9.17) is 27.2 Å². The number of nitrogens with zero attached hydrogens (tertiary/aromatic N) is 7. The first-order chi connectivity index (χ1) is 19.0. The summed E-state index contributed by atoms with van der Waals surface area (Å²) < 4.78 is 7.65. The third-order valence-corrected chi connectivity index (χ3v) is 7.22. The molecule has 0 spiro atoms. The van der Waals surface area contributed by atoms with Gasteiger partial charge in [0.05, 0.1) is 11.4 Å². The molecule has 11 heteroatoms. The molecule has 1 aromatic carbocycles. The second-order valence-corrected chi connectivity index (χ2v) is 10.2. The number of ether oxygens (including phenoxy) is 1. The lowest BCUT2D eigenvalue weighted by molar-refractivity contribution is -0.128. The topological polar surface area (TPSA) is 136 Å². The zero-order chi connectivity index (χ0) is 26.9. The molecule has 2 fully saturated rings. The summed E-state index contributed by atoms with van der Waals surface area (Å²) in [6.45, 7) is 1.02. The number of carbonyl (C=O) groups excluding carboxylic acids is 1. The van der Waals surface area contributed by atoms with Crippen molar-refractivity contribution in [2.75, 3.05) is 18.8 Å². The number of hydrogen-bond acceptors (Lipinski definition) is 8. The molecule has 6 rings (SSSR count). The maximum atomic E-state index is 13.1. The van der Waals surface area contributed by atoms with Crippen LogP contribution in [0.3, 0.4) is 0 Å². The Balaban J connectivity index is 1.29. The number of allylic oxidation sites excluding steroid dienone is 1. The first-order valence-corrected chi connectivity index (χ1v) is 13.2. The van der Waals surface area contributed by atoms with E-state index in [1.165, 1.54) is 6.33 Å². The van der Waals surface area contributed by atoms with Gasteiger partial charge >= 0.3 is 0 Å². The maximum absolute atomic E-state index is 13.1. The minimum atomic E-state index is -0.222. The highest BCUT2D eigenvalue weighted by molar-refractivity contribution is 6.30. The monoisotopic (exact) mass is 540 g/mol. The van der Waals surface area contributed by atoms with Gasteiger partial charge in [0.2, 0.25) is 5.88 Å². The van der Waals surface area contributed by atoms with Crippen LogP contribution in [0.4, 0.5) is 5.82 Å². The summed E-state index contributed by atoms with van der Waals surface area (Å²) in [5, 5.41) is 15.7. The second kappa shape index (κ2) is 10.3. The van der Waals surface area contributed by atoms with Crippen LogP contribution in [-0.4, -0.2) is 48.6 Å². The van der Waals surface area contributed by atoms with Gasteiger partial charge in [-0.1, -0.05) is 17.7 Å². The van der Waals surface area contributed by atoms with Crippen LogP contribution in [0.5, 0.6) is 11.6 Å². The number of anilines is 1. The maximum Gasteiger partial charge on any atom is 0.264 e. The van der Waals surface area contributed by atoms with E-state index in [1.54, 1.807) is 41.4 Å². The van der Waals surface area contributed by atoms with Crippen LogP contribution in [0.1, 0.15) is 31.7 Å². The Hall–Kier alpha value is -4.49. The summed E-state index contributed by atoms with van der Waals surface area (Å²) in [6.07, 6.45) is 8.56. The molecule has 1 aliphatic carbocycles. The van der Waals surface area contributed by atoms with Crippen LogP contribution in [-0.2, 0) is 4.79 Å². The van der Waals surface area contributed by atoms with Gasteiger partial charge in [-0.2, -0.15) is 10.4 Å². The highest BCUT2D eigenvalue weighted by atomic mass is 35.5. The Morgan fingerprint density at radius 2 is 1.95 bits per heavy atom. The van der Waals surface area contributed by atoms with E-state index in [-0.39, 0.29) is 17.5 Å². The van der Waals surface area contributed by atoms with Gasteiger partial charge in [-0.05, 0) is 61.9 Å². The zero-order valence-corrected chi connectivity index (χ0v) is 21.8. The Labute approximate surface area is 229 Å². The largest absolute Gasteiger partial charge is 0.439 e. The highest BCUT2D eigenvalue weighted by Crippen LogP contribution is 2.35. The quantitative estimate of drug-likeness (QED) is 0.268. The molecular weight excluding hydrogens is 516 g/mol. The van der Waals surface area contributed by atoms with Crippen molar-refractivity contribution < 1.29 is 9.53 Å². The number of carbonyl (C=O) groups is 1. The van der Waals surface area contributed by atoms with Gasteiger partial charge in [0.1, 0.15) is 35.2 Å². The molecule has 0 bridgehead atoms. The number of rotatable bonds is 6. The van der Waals surface area contributed by atoms with Crippen LogP contribution in [0.15, 0.2) is 60.6 Å². The molecule has 0 radical (unpaired) electrons. The van der Waals surface area contributed by atoms with Crippen LogP contribution in [0.25, 0.3) is 22.3 Å². The first kappa shape index (κ1) is 24.8. The summed E-state index contributed by atoms with van der Waals surface area (Å²) in [4.78, 5) is 28.0. The number of nitriles is 1. The van der Waals surface area contributed by atoms with E-state index >= 15 is 0 Å². The molecule has 1 amide bonds. The number of nitrogen functional groups attached to an aromatic ring is 1. The fraction of sp³-hybridized carbons (Fsp3) is 0.286. The van der Waals surface area contributed by atoms with E-state index in [2.05, 4.69) is 21.0 Å². The average Bonchev–Trinajstić information content (AvgIpc) is 3.70. The Bertz CT molecular complexity index is 1600. The summed E-state index contributed by atoms with van der Waals surface area (Å²) in [5.41, 5.74) is 8.44. The van der Waals surface area contributed by atoms with Crippen molar-refractivity contribution in [3.05, 3.63) is 65.6 Å². The molecule has 196 valence electrons. The highest BCUT2D eigenvalue weighted by Gasteiger charge is 2.31. The molecule has 1 atom stereocenters. The molecule has 1 saturated carbocycles. The van der Waals surface area contributed by atoms with E-state index in [0.717, 1.165) is 31.2 Å². The summed E-state index contributed by atoms with van der Waals surface area (Å²) in [6, 6.07) is 12.6. The lowest BCUT2D eigenvalue weighted by Gasteiger charge is -2.32. The van der Waals surface area contributed by atoms with E-state index in [9.17, 15) is 10.1 Å². The molecule has 2 N–H and O–H groups in total. The molecular formula is C28H25ClN8O2. The number of benzene rings is 1. The summed E-state index contributed by atoms with van der Waals surface area (Å²) in [5.74, 6) is 1.47. The smallest absolute Gasteiger partial charge is 0.264 e. The normalized spacial score (nSPS) is 17.7. The minimum absolute atomic E-state index is 0.130. The van der Waals surface area contributed by atoms with Gasteiger partial charge in [0.25, 0.3) is 5.91 Å². The van der Waals surface area contributed by atoms with E-state index in [0.29, 0.717) is 58.2 Å². The third kappa shape index (κ3) is 5.13. The number of pyridine rings is 1. The van der Waals surface area contributed by atoms with Crippen molar-refractivity contribution in [1.29, 1.82) is 5.26 Å². The Morgan fingerprint density at radius 3 is 2.67 bits per heavy atom. The van der Waals surface area contributed by atoms with Crippen molar-refractivity contribution in [3.63, 3.8) is 0 Å². The molecule has 39 heavy (non-hydrogen) atoms. The number of aromatic nitrogens is 5. The zero-order valence-electron chi connectivity index (χ0n) is 21.0. The molecule has 1 aliphatic heterocycles. The number of hydrogen-bond donors (Lipinski definition) is 1. The van der Waals surface area contributed by atoms with Crippen LogP contribution in [0, 0.1) is 17.2 Å². The molecule has 4 aromatic rings. The fourth-order valence-corrected chi connectivity index (χ4v) is 4.95. The molecule has 10 nitrogen and oxygen atoms in total. The van der Waals surface area contributed by atoms with Crippen molar-refractivity contribution >= 4 is 34.4 Å². The van der Waals surface area contributed by atoms with Gasteiger partial charge < -0.3 is 15.4 Å². The summed E-state index contributed by atoms with van der Waals surface area (Å²) in [7, 11) is 0. The molecule has 4 heterocycles. The number of likely N-dealkylation sites (tertiary alicyclic amines) is 1. The van der Waals surface area contributed by atoms with Crippen molar-refractivity contribution in [1.82, 2.24) is 29.6 Å². The van der Waals surface area contributed by atoms with Crippen LogP contribution < -0.4 is 10.5 Å². The number of fused-ring (bicyclic) bond motifs is 1. The van der Waals surface area contributed by atoms with Gasteiger partial charge in [0.15, 0.2) is 5.65 Å². The van der Waals surface area contributed by atoms with Crippen molar-refractivity contribution in [2.45, 2.75) is 31.7 Å². The molecule has 3 aromatic heterocycles. The first-order valence-electron chi connectivity index (χ1n) is 12.8. The lowest BCUT2D eigenvalue weighted by Crippen LogP contribution is -2.41. The number of halogens is 1. The van der Waals surface area contributed by atoms with Crippen molar-refractivity contribution in [2.24, 2.45) is 5.92 Å². The van der Waals surface area contributed by atoms with Gasteiger partial charge in [-0.3, -0.25) is 4.79 Å². The standard InChI is InChI=1S/C28H25ClN8O2/c29-20-6-8-22(9-7-20)39-23-10-5-18(14-32-23)25-24-26(31)33-16-34-27(24)37(35-25)21-2-1-11-36(15-21)28(38)19(13-30)12-17-3-4-17/h5-10,12,14,16-17,21H,1-4,11,15H2,(H2,31,33,34). The average molecular weight is 541 g/mol. The van der Waals surface area contributed by atoms with E-state index in [1.807, 2.05) is 16.8 Å². The van der Waals surface area contributed by atoms with Gasteiger partial charge in [-0.15, -0.1) is 0 Å². The number of amides is 1. The van der Waals surface area contributed by atoms with Gasteiger partial charge in [-0.25, -0.2) is 19.6 Å². The number of piperidine rings is 1. The Morgan fingerprint density at radius 1 is 1.13 bits per heavy atom. The van der Waals surface area contributed by atoms with Crippen LogP contribution >= 0.6 is 11.6 Å². The third-order valence-electron chi connectivity index (χ3n) is 6.97. The Kier molecular flexibility index (Phi) is 6.59. The predicted molar refractivity (Wildman–Crippen MR) is 146 cm³/mol. The van der Waals surface area contributed by atoms with Crippen molar-refractivity contribution in [3.8, 4) is 29.0 Å². The molecule has 2 aliphatic rings.